The molecule has 0 amide bonds. The largest absolute Gasteiger partial charge is 0.494 e. The van der Waals surface area contributed by atoms with Gasteiger partial charge in [-0.1, -0.05) is 0 Å². The van der Waals surface area contributed by atoms with Crippen LogP contribution >= 0.6 is 22.6 Å². The van der Waals surface area contributed by atoms with Crippen molar-refractivity contribution in [1.82, 2.24) is 19.9 Å². The number of rotatable bonds is 2. The van der Waals surface area contributed by atoms with E-state index in [1.165, 1.54) is 0 Å². The number of methoxy groups -OCH3 is 1. The van der Waals surface area contributed by atoms with Gasteiger partial charge in [0.15, 0.2) is 5.75 Å². The van der Waals surface area contributed by atoms with Crippen LogP contribution in [0.4, 0.5) is 0 Å². The molecule has 0 saturated heterocycles. The highest BCUT2D eigenvalue weighted by molar-refractivity contribution is 14.1. The number of hydrogen-bond acceptors (Lipinski definition) is 4. The molecule has 0 unspecified atom stereocenters. The molecule has 4 aromatic rings. The number of nitrogens with one attached hydrogen (secondary N) is 1. The number of aromatic nitrogens is 4. The highest BCUT2D eigenvalue weighted by Gasteiger charge is 2.14. The molecular weight excluding hydrogens is 391 g/mol. The average molecular weight is 402 g/mol. The predicted octanol–water partition coefficient (Wildman–Crippen LogP) is 3.79. The summed E-state index contributed by atoms with van der Waals surface area (Å²) in [6.07, 6.45) is 7.13. The molecule has 0 spiro atoms. The van der Waals surface area contributed by atoms with E-state index in [2.05, 4.69) is 48.6 Å². The summed E-state index contributed by atoms with van der Waals surface area (Å²) < 4.78 is 6.42. The standard InChI is InChI=1S/C16H11IN4O/c1-22-13-8-20-16-14(15(13)17)10-5-11(19-7-12(10)21-16)9-3-2-4-18-6-9/h2-8H,1H3,(H,20,21). The van der Waals surface area contributed by atoms with Crippen molar-refractivity contribution in [3.05, 3.63) is 46.6 Å². The smallest absolute Gasteiger partial charge is 0.151 e. The minimum absolute atomic E-state index is 0.772. The van der Waals surface area contributed by atoms with Crippen LogP contribution in [0, 0.1) is 3.57 Å². The minimum Gasteiger partial charge on any atom is -0.494 e. The van der Waals surface area contributed by atoms with Crippen molar-refractivity contribution in [2.24, 2.45) is 0 Å². The van der Waals surface area contributed by atoms with Crippen LogP contribution in [0.5, 0.6) is 5.75 Å². The van der Waals surface area contributed by atoms with Crippen molar-refractivity contribution in [3.63, 3.8) is 0 Å². The number of fused-ring (bicyclic) bond motifs is 3. The molecule has 0 bridgehead atoms. The van der Waals surface area contributed by atoms with Crippen LogP contribution in [0.3, 0.4) is 0 Å². The van der Waals surface area contributed by atoms with Crippen LogP contribution in [0.1, 0.15) is 0 Å². The zero-order valence-corrected chi connectivity index (χ0v) is 13.8. The summed E-state index contributed by atoms with van der Waals surface area (Å²) in [6, 6.07) is 5.97. The second kappa shape index (κ2) is 5.20. The fourth-order valence-electron chi connectivity index (χ4n) is 2.52. The van der Waals surface area contributed by atoms with E-state index < -0.39 is 0 Å². The molecule has 0 fully saturated rings. The van der Waals surface area contributed by atoms with E-state index in [0.29, 0.717) is 0 Å². The van der Waals surface area contributed by atoms with Gasteiger partial charge in [-0.25, -0.2) is 4.98 Å². The zero-order chi connectivity index (χ0) is 15.1. The molecule has 5 nitrogen and oxygen atoms in total. The van der Waals surface area contributed by atoms with Gasteiger partial charge in [-0.05, 0) is 40.8 Å². The van der Waals surface area contributed by atoms with Gasteiger partial charge in [-0.2, -0.15) is 0 Å². The van der Waals surface area contributed by atoms with Gasteiger partial charge in [-0.3, -0.25) is 9.97 Å². The number of hydrogen-bond donors (Lipinski definition) is 1. The van der Waals surface area contributed by atoms with Gasteiger partial charge in [0.2, 0.25) is 0 Å². The first-order valence-corrected chi connectivity index (χ1v) is 7.76. The molecular formula is C16H11IN4O. The van der Waals surface area contributed by atoms with E-state index >= 15 is 0 Å². The molecule has 0 atom stereocenters. The van der Waals surface area contributed by atoms with Gasteiger partial charge in [-0.15, -0.1) is 0 Å². The number of H-pyrrole nitrogens is 1. The normalized spacial score (nSPS) is 11.2. The van der Waals surface area contributed by atoms with Gasteiger partial charge in [0.25, 0.3) is 0 Å². The second-order valence-corrected chi connectivity index (χ2v) is 5.92. The number of aromatic amines is 1. The Balaban J connectivity index is 2.04. The Morgan fingerprint density at radius 2 is 2.09 bits per heavy atom. The summed E-state index contributed by atoms with van der Waals surface area (Å²) in [4.78, 5) is 16.4. The predicted molar refractivity (Wildman–Crippen MR) is 93.9 cm³/mol. The average Bonchev–Trinajstić information content (AvgIpc) is 2.94. The summed E-state index contributed by atoms with van der Waals surface area (Å²) in [6.45, 7) is 0. The lowest BCUT2D eigenvalue weighted by molar-refractivity contribution is 0.411. The monoisotopic (exact) mass is 402 g/mol. The lowest BCUT2D eigenvalue weighted by atomic mass is 10.1. The third-order valence-electron chi connectivity index (χ3n) is 3.59. The van der Waals surface area contributed by atoms with Crippen molar-refractivity contribution in [2.75, 3.05) is 7.11 Å². The number of pyridine rings is 3. The van der Waals surface area contributed by atoms with Gasteiger partial charge >= 0.3 is 0 Å². The van der Waals surface area contributed by atoms with Crippen LogP contribution in [0.2, 0.25) is 0 Å². The van der Waals surface area contributed by atoms with Crippen molar-refractivity contribution < 1.29 is 4.74 Å². The van der Waals surface area contributed by atoms with Gasteiger partial charge in [0, 0.05) is 28.7 Å². The summed E-state index contributed by atoms with van der Waals surface area (Å²) >= 11 is 2.29. The highest BCUT2D eigenvalue weighted by Crippen LogP contribution is 2.34. The van der Waals surface area contributed by atoms with Crippen LogP contribution in [-0.2, 0) is 0 Å². The Hall–Kier alpha value is -2.22. The van der Waals surface area contributed by atoms with Crippen molar-refractivity contribution in [3.8, 4) is 17.0 Å². The zero-order valence-electron chi connectivity index (χ0n) is 11.7. The summed E-state index contributed by atoms with van der Waals surface area (Å²) in [7, 11) is 1.66. The first kappa shape index (κ1) is 13.4. The van der Waals surface area contributed by atoms with E-state index in [9.17, 15) is 0 Å². The van der Waals surface area contributed by atoms with Crippen LogP contribution in [0.15, 0.2) is 43.0 Å². The molecule has 0 aliphatic heterocycles. The minimum atomic E-state index is 0.772. The molecule has 1 N–H and O–H groups in total. The van der Waals surface area contributed by atoms with Crippen molar-refractivity contribution in [2.45, 2.75) is 0 Å². The van der Waals surface area contributed by atoms with E-state index in [4.69, 9.17) is 4.74 Å². The van der Waals surface area contributed by atoms with E-state index in [0.717, 1.165) is 42.5 Å². The Kier molecular flexibility index (Phi) is 3.18. The first-order chi connectivity index (χ1) is 10.8. The third-order valence-corrected chi connectivity index (χ3v) is 4.66. The number of halogens is 1. The Labute approximate surface area is 139 Å². The number of ether oxygens (including phenoxy) is 1. The van der Waals surface area contributed by atoms with Crippen LogP contribution in [0.25, 0.3) is 33.2 Å². The second-order valence-electron chi connectivity index (χ2n) is 4.85. The van der Waals surface area contributed by atoms with Crippen LogP contribution in [-0.4, -0.2) is 27.0 Å². The highest BCUT2D eigenvalue weighted by atomic mass is 127. The molecule has 4 heterocycles. The third kappa shape index (κ3) is 2.02. The number of nitrogens with zero attached hydrogens (tertiary/aromatic N) is 3. The Bertz CT molecular complexity index is 982. The lowest BCUT2D eigenvalue weighted by Crippen LogP contribution is -1.89. The molecule has 108 valence electrons. The molecule has 0 saturated carbocycles. The summed E-state index contributed by atoms with van der Waals surface area (Å²) in [5.74, 6) is 0.772. The maximum Gasteiger partial charge on any atom is 0.151 e. The maximum absolute atomic E-state index is 5.38. The molecule has 0 aromatic carbocycles. The maximum atomic E-state index is 5.38. The van der Waals surface area contributed by atoms with Crippen LogP contribution < -0.4 is 4.74 Å². The van der Waals surface area contributed by atoms with E-state index in [-0.39, 0.29) is 0 Å². The molecule has 22 heavy (non-hydrogen) atoms. The Morgan fingerprint density at radius 3 is 2.86 bits per heavy atom. The SMILES string of the molecule is COc1cnc2[nH]c3cnc(-c4cccnc4)cc3c2c1I. The lowest BCUT2D eigenvalue weighted by Gasteiger charge is -2.04. The van der Waals surface area contributed by atoms with E-state index in [1.54, 1.807) is 19.5 Å². The van der Waals surface area contributed by atoms with Gasteiger partial charge < -0.3 is 9.72 Å². The topological polar surface area (TPSA) is 63.7 Å². The Morgan fingerprint density at radius 1 is 1.18 bits per heavy atom. The molecule has 0 radical (unpaired) electrons. The fraction of sp³-hybridized carbons (Fsp3) is 0.0625. The molecule has 4 aromatic heterocycles. The van der Waals surface area contributed by atoms with Crippen molar-refractivity contribution >= 4 is 44.5 Å². The van der Waals surface area contributed by atoms with Gasteiger partial charge in [0.1, 0.15) is 5.65 Å². The van der Waals surface area contributed by atoms with Crippen molar-refractivity contribution in [1.29, 1.82) is 0 Å². The van der Waals surface area contributed by atoms with Gasteiger partial charge in [0.05, 0.1) is 34.3 Å². The molecule has 0 aliphatic rings. The molecule has 6 heteroatoms. The fourth-order valence-corrected chi connectivity index (χ4v) is 3.42. The summed E-state index contributed by atoms with van der Waals surface area (Å²) in [5, 5.41) is 2.14. The summed E-state index contributed by atoms with van der Waals surface area (Å²) in [5.41, 5.74) is 3.68. The molecule has 0 aliphatic carbocycles. The first-order valence-electron chi connectivity index (χ1n) is 6.68. The molecule has 4 rings (SSSR count). The quantitative estimate of drug-likeness (QED) is 0.519. The van der Waals surface area contributed by atoms with E-state index in [1.807, 2.05) is 24.5 Å².